The Morgan fingerprint density at radius 2 is 1.85 bits per heavy atom. The third-order valence-electron chi connectivity index (χ3n) is 7.05. The van der Waals surface area contributed by atoms with E-state index in [-0.39, 0.29) is 11.8 Å². The van der Waals surface area contributed by atoms with Gasteiger partial charge in [0.05, 0.1) is 17.1 Å². The summed E-state index contributed by atoms with van der Waals surface area (Å²) in [5.74, 6) is 0.567. The van der Waals surface area contributed by atoms with E-state index in [0.717, 1.165) is 57.6 Å². The smallest absolute Gasteiger partial charge is 0.306 e. The maximum atomic E-state index is 11.4. The van der Waals surface area contributed by atoms with Gasteiger partial charge in [-0.15, -0.1) is 0 Å². The fourth-order valence-electron chi connectivity index (χ4n) is 5.30. The van der Waals surface area contributed by atoms with Crippen molar-refractivity contribution in [2.45, 2.75) is 31.6 Å². The number of aliphatic carboxylic acids is 1. The molecule has 4 N–H and O–H groups in total. The second-order valence-electron chi connectivity index (χ2n) is 9.06. The molecule has 1 aliphatic carbocycles. The summed E-state index contributed by atoms with van der Waals surface area (Å²) in [7, 11) is 0. The number of hydrogen-bond acceptors (Lipinski definition) is 4. The lowest BCUT2D eigenvalue weighted by atomic mass is 9.81. The Balaban J connectivity index is 1.48. The summed E-state index contributed by atoms with van der Waals surface area (Å²) < 4.78 is 2.03. The molecule has 0 aliphatic heterocycles. The van der Waals surface area contributed by atoms with Crippen molar-refractivity contribution < 1.29 is 9.90 Å². The molecule has 5 aromatic rings. The first-order chi connectivity index (χ1) is 16.6. The van der Waals surface area contributed by atoms with Crippen LogP contribution < -0.4 is 5.73 Å². The summed E-state index contributed by atoms with van der Waals surface area (Å²) in [5, 5.41) is 10.5. The van der Waals surface area contributed by atoms with Crippen LogP contribution >= 0.6 is 0 Å². The second-order valence-corrected chi connectivity index (χ2v) is 9.06. The topological polar surface area (TPSA) is 109 Å². The average molecular weight is 452 g/mol. The number of H-pyrrole nitrogens is 1. The number of nitrogens with one attached hydrogen (secondary N) is 1. The highest BCUT2D eigenvalue weighted by Gasteiger charge is 2.30. The number of hydrogen-bond donors (Lipinski definition) is 3. The standard InChI is InChI=1S/C27H25N5O2/c28-25-24-23(21-15-19-7-4-8-20(22(19)30-21)16-5-2-1-3-6-16)31-26(32(24)14-13-29-25)17-9-11-18(12-10-17)27(33)34/h1-8,13-15,17-18,30H,9-12H2,(H2,28,29)(H,33,34). The van der Waals surface area contributed by atoms with Crippen molar-refractivity contribution >= 4 is 28.2 Å². The lowest BCUT2D eigenvalue weighted by molar-refractivity contribution is -0.142. The van der Waals surface area contributed by atoms with Gasteiger partial charge in [-0.1, -0.05) is 48.5 Å². The average Bonchev–Trinajstić information content (AvgIpc) is 3.47. The maximum absolute atomic E-state index is 11.4. The maximum Gasteiger partial charge on any atom is 0.306 e. The number of nitrogens with two attached hydrogens (primary N) is 1. The van der Waals surface area contributed by atoms with Gasteiger partial charge in [0.25, 0.3) is 0 Å². The van der Waals surface area contributed by atoms with Crippen molar-refractivity contribution in [2.24, 2.45) is 5.92 Å². The minimum absolute atomic E-state index is 0.183. The quantitative estimate of drug-likeness (QED) is 0.335. The number of imidazole rings is 1. The summed E-state index contributed by atoms with van der Waals surface area (Å²) >= 11 is 0. The van der Waals surface area contributed by atoms with Crippen LogP contribution in [0.3, 0.4) is 0 Å². The molecule has 170 valence electrons. The lowest BCUT2D eigenvalue weighted by Crippen LogP contribution is -2.21. The van der Waals surface area contributed by atoms with Gasteiger partial charge in [0.2, 0.25) is 0 Å². The van der Waals surface area contributed by atoms with Gasteiger partial charge in [-0.2, -0.15) is 0 Å². The minimum Gasteiger partial charge on any atom is -0.481 e. The van der Waals surface area contributed by atoms with Crippen molar-refractivity contribution in [1.82, 2.24) is 19.4 Å². The molecule has 3 aromatic heterocycles. The molecule has 1 fully saturated rings. The monoisotopic (exact) mass is 451 g/mol. The minimum atomic E-state index is -0.701. The molecule has 7 heteroatoms. The van der Waals surface area contributed by atoms with Crippen molar-refractivity contribution in [2.75, 3.05) is 5.73 Å². The van der Waals surface area contributed by atoms with Gasteiger partial charge >= 0.3 is 5.97 Å². The van der Waals surface area contributed by atoms with Crippen molar-refractivity contribution in [3.8, 4) is 22.5 Å². The summed E-state index contributed by atoms with van der Waals surface area (Å²) in [6.07, 6.45) is 6.51. The lowest BCUT2D eigenvalue weighted by Gasteiger charge is -2.25. The molecule has 0 saturated heterocycles. The second kappa shape index (κ2) is 8.02. The predicted molar refractivity (Wildman–Crippen MR) is 132 cm³/mol. The van der Waals surface area contributed by atoms with Crippen LogP contribution in [0.15, 0.2) is 67.0 Å². The van der Waals surface area contributed by atoms with Crippen LogP contribution in [-0.4, -0.2) is 30.4 Å². The largest absolute Gasteiger partial charge is 0.481 e. The van der Waals surface area contributed by atoms with Gasteiger partial charge in [0.1, 0.15) is 22.9 Å². The number of aromatic nitrogens is 4. The SMILES string of the molecule is Nc1nccn2c(C3CCC(C(=O)O)CC3)nc(-c3cc4cccc(-c5ccccc5)c4[nH]3)c12. The number of nitrogens with zero attached hydrogens (tertiary/aromatic N) is 3. The molecule has 0 unspecified atom stereocenters. The molecule has 6 rings (SSSR count). The van der Waals surface area contributed by atoms with Crippen molar-refractivity contribution in [3.05, 3.63) is 72.8 Å². The van der Waals surface area contributed by atoms with Crippen LogP contribution in [0.5, 0.6) is 0 Å². The normalized spacial score (nSPS) is 18.5. The summed E-state index contributed by atoms with van der Waals surface area (Å²) in [4.78, 5) is 24.4. The van der Waals surface area contributed by atoms with Crippen LogP contribution in [0.2, 0.25) is 0 Å². The summed E-state index contributed by atoms with van der Waals surface area (Å²) in [6, 6.07) is 18.7. The van der Waals surface area contributed by atoms with Gasteiger partial charge in [0, 0.05) is 29.3 Å². The summed E-state index contributed by atoms with van der Waals surface area (Å²) in [6.45, 7) is 0. The molecule has 34 heavy (non-hydrogen) atoms. The molecule has 0 spiro atoms. The predicted octanol–water partition coefficient (Wildman–Crippen LogP) is 5.49. The van der Waals surface area contributed by atoms with Gasteiger partial charge in [-0.25, -0.2) is 9.97 Å². The molecule has 7 nitrogen and oxygen atoms in total. The highest BCUT2D eigenvalue weighted by molar-refractivity contribution is 5.98. The first-order valence-electron chi connectivity index (χ1n) is 11.6. The van der Waals surface area contributed by atoms with E-state index in [2.05, 4.69) is 46.4 Å². The molecule has 3 heterocycles. The van der Waals surface area contributed by atoms with Gasteiger partial charge in [-0.05, 0) is 37.3 Å². The van der Waals surface area contributed by atoms with Gasteiger partial charge in [-0.3, -0.25) is 9.20 Å². The van der Waals surface area contributed by atoms with Crippen molar-refractivity contribution in [1.29, 1.82) is 0 Å². The number of carbonyl (C=O) groups is 1. The number of benzene rings is 2. The van der Waals surface area contributed by atoms with Gasteiger partial charge in [0.15, 0.2) is 0 Å². The highest BCUT2D eigenvalue weighted by atomic mass is 16.4. The Hall–Kier alpha value is -4.13. The van der Waals surface area contributed by atoms with Crippen LogP contribution in [0.1, 0.15) is 37.4 Å². The fourth-order valence-corrected chi connectivity index (χ4v) is 5.30. The van der Waals surface area contributed by atoms with Crippen LogP contribution in [-0.2, 0) is 4.79 Å². The molecule has 0 amide bonds. The van der Waals surface area contributed by atoms with E-state index in [1.165, 1.54) is 0 Å². The number of carboxylic acids is 1. The zero-order chi connectivity index (χ0) is 23.2. The number of carboxylic acid groups (broad SMARTS) is 1. The van der Waals surface area contributed by atoms with Crippen molar-refractivity contribution in [3.63, 3.8) is 0 Å². The number of nitrogen functional groups attached to an aromatic ring is 1. The first kappa shape index (κ1) is 20.5. The van der Waals surface area contributed by atoms with Gasteiger partial charge < -0.3 is 15.8 Å². The number of aromatic amines is 1. The number of para-hydroxylation sites is 1. The van der Waals surface area contributed by atoms with E-state index in [1.807, 2.05) is 28.8 Å². The van der Waals surface area contributed by atoms with Crippen LogP contribution in [0.4, 0.5) is 5.82 Å². The Morgan fingerprint density at radius 3 is 2.62 bits per heavy atom. The highest BCUT2D eigenvalue weighted by Crippen LogP contribution is 2.39. The number of anilines is 1. The first-order valence-corrected chi connectivity index (χ1v) is 11.6. The molecule has 2 aromatic carbocycles. The Kier molecular flexibility index (Phi) is 4.83. The van der Waals surface area contributed by atoms with Crippen LogP contribution in [0.25, 0.3) is 38.9 Å². The Bertz CT molecular complexity index is 1510. The zero-order valence-corrected chi connectivity index (χ0v) is 18.6. The molecular weight excluding hydrogens is 426 g/mol. The number of fused-ring (bicyclic) bond motifs is 2. The van der Waals surface area contributed by atoms with E-state index in [4.69, 9.17) is 10.7 Å². The number of rotatable bonds is 4. The summed E-state index contributed by atoms with van der Waals surface area (Å²) in [5.41, 5.74) is 12.1. The van der Waals surface area contributed by atoms with Crippen LogP contribution in [0, 0.1) is 5.92 Å². The molecule has 0 atom stereocenters. The Morgan fingerprint density at radius 1 is 1.06 bits per heavy atom. The zero-order valence-electron chi connectivity index (χ0n) is 18.6. The third kappa shape index (κ3) is 3.32. The molecule has 1 aliphatic rings. The van der Waals surface area contributed by atoms with E-state index in [9.17, 15) is 9.90 Å². The Labute approximate surface area is 196 Å². The van der Waals surface area contributed by atoms with E-state index in [1.54, 1.807) is 6.20 Å². The molecule has 0 radical (unpaired) electrons. The molecule has 0 bridgehead atoms. The molecule has 1 saturated carbocycles. The molecular formula is C27H25N5O2. The van der Waals surface area contributed by atoms with E-state index < -0.39 is 5.97 Å². The third-order valence-corrected chi connectivity index (χ3v) is 7.05. The van der Waals surface area contributed by atoms with E-state index in [0.29, 0.717) is 18.7 Å². The van der Waals surface area contributed by atoms with E-state index >= 15 is 0 Å². The fraction of sp³-hybridized carbons (Fsp3) is 0.222.